The number of hydrogen-bond acceptors (Lipinski definition) is 2. The van der Waals surface area contributed by atoms with Crippen molar-refractivity contribution in [3.05, 3.63) is 36.5 Å². The first kappa shape index (κ1) is 10.6. The molecule has 0 unspecified atom stereocenters. The Hall–Kier alpha value is -1.90. The second-order valence-electron chi connectivity index (χ2n) is 4.20. The first-order valence-electron chi connectivity index (χ1n) is 5.34. The molecule has 1 heterocycles. The summed E-state index contributed by atoms with van der Waals surface area (Å²) in [5, 5.41) is 9.22. The molecule has 0 aliphatic heterocycles. The Morgan fingerprint density at radius 1 is 1.12 bits per heavy atom. The number of rotatable bonds is 2. The normalized spacial score (nSPS) is 10.9. The molecule has 2 aromatic rings. The van der Waals surface area contributed by atoms with Crippen LogP contribution in [0.2, 0.25) is 0 Å². The van der Waals surface area contributed by atoms with Crippen LogP contribution in [-0.2, 0) is 0 Å². The van der Waals surface area contributed by atoms with E-state index in [1.807, 2.05) is 29.0 Å². The topological polar surface area (TPSA) is 51.2 Å². The summed E-state index contributed by atoms with van der Waals surface area (Å²) in [5.74, 6) is 1.04. The molecule has 0 aliphatic carbocycles. The molecule has 0 saturated carbocycles. The molecule has 0 spiro atoms. The fraction of sp³-hybridized carbons (Fsp3) is 0.231. The van der Waals surface area contributed by atoms with Crippen LogP contribution in [0.4, 0.5) is 5.82 Å². The van der Waals surface area contributed by atoms with Crippen molar-refractivity contribution in [1.82, 2.24) is 4.57 Å². The smallest absolute Gasteiger partial charge is 0.115 e. The molecular formula is C13H16N2O. The van der Waals surface area contributed by atoms with Gasteiger partial charge in [-0.15, -0.1) is 0 Å². The van der Waals surface area contributed by atoms with Crippen LogP contribution in [0.25, 0.3) is 11.1 Å². The molecule has 3 N–H and O–H groups in total. The van der Waals surface area contributed by atoms with Crippen LogP contribution in [0.5, 0.6) is 5.75 Å². The Morgan fingerprint density at radius 2 is 1.75 bits per heavy atom. The summed E-state index contributed by atoms with van der Waals surface area (Å²) >= 11 is 0. The van der Waals surface area contributed by atoms with Crippen molar-refractivity contribution >= 4 is 5.82 Å². The zero-order chi connectivity index (χ0) is 11.7. The summed E-state index contributed by atoms with van der Waals surface area (Å²) in [5.41, 5.74) is 8.06. The van der Waals surface area contributed by atoms with Crippen LogP contribution in [0, 0.1) is 0 Å². The third kappa shape index (κ3) is 1.89. The fourth-order valence-corrected chi connectivity index (χ4v) is 1.75. The largest absolute Gasteiger partial charge is 0.508 e. The number of nitrogens with two attached hydrogens (primary N) is 1. The first-order valence-corrected chi connectivity index (χ1v) is 5.34. The molecule has 0 radical (unpaired) electrons. The van der Waals surface area contributed by atoms with Crippen LogP contribution in [0.15, 0.2) is 36.5 Å². The number of aromatic hydroxyl groups is 1. The van der Waals surface area contributed by atoms with Gasteiger partial charge in [-0.25, -0.2) is 0 Å². The summed E-state index contributed by atoms with van der Waals surface area (Å²) in [6.07, 6.45) is 2.03. The number of anilines is 1. The van der Waals surface area contributed by atoms with Gasteiger partial charge in [0.25, 0.3) is 0 Å². The Labute approximate surface area is 95.1 Å². The minimum absolute atomic E-state index is 0.278. The molecule has 16 heavy (non-hydrogen) atoms. The zero-order valence-electron chi connectivity index (χ0n) is 9.51. The van der Waals surface area contributed by atoms with Gasteiger partial charge >= 0.3 is 0 Å². The maximum Gasteiger partial charge on any atom is 0.115 e. The predicted octanol–water partition coefficient (Wildman–Crippen LogP) is 3.02. The third-order valence-corrected chi connectivity index (χ3v) is 2.64. The van der Waals surface area contributed by atoms with Gasteiger partial charge in [-0.1, -0.05) is 12.1 Å². The van der Waals surface area contributed by atoms with Gasteiger partial charge in [0.1, 0.15) is 11.6 Å². The number of nitrogens with zero attached hydrogens (tertiary/aromatic N) is 1. The molecule has 0 fully saturated rings. The van der Waals surface area contributed by atoms with Crippen LogP contribution in [0.3, 0.4) is 0 Å². The molecule has 1 aromatic carbocycles. The summed E-state index contributed by atoms with van der Waals surface area (Å²) < 4.78 is 2.03. The quantitative estimate of drug-likeness (QED) is 0.810. The summed E-state index contributed by atoms with van der Waals surface area (Å²) in [7, 11) is 0. The van der Waals surface area contributed by atoms with Crippen molar-refractivity contribution in [2.45, 2.75) is 19.9 Å². The molecule has 0 aliphatic rings. The highest BCUT2D eigenvalue weighted by Crippen LogP contribution is 2.27. The highest BCUT2D eigenvalue weighted by molar-refractivity contribution is 5.67. The monoisotopic (exact) mass is 216 g/mol. The molecule has 0 saturated heterocycles. The van der Waals surface area contributed by atoms with Crippen molar-refractivity contribution in [1.29, 1.82) is 0 Å². The lowest BCUT2D eigenvalue weighted by atomic mass is 10.1. The molecule has 3 nitrogen and oxygen atoms in total. The number of phenolic OH excluding ortho intramolecular Hbond substituents is 1. The highest BCUT2D eigenvalue weighted by Gasteiger charge is 2.07. The SMILES string of the molecule is CC(C)n1cc(-c2ccc(O)cc2)cc1N. The van der Waals surface area contributed by atoms with E-state index < -0.39 is 0 Å². The van der Waals surface area contributed by atoms with E-state index in [9.17, 15) is 5.11 Å². The van der Waals surface area contributed by atoms with Gasteiger partial charge in [0.2, 0.25) is 0 Å². The lowest BCUT2D eigenvalue weighted by Gasteiger charge is -2.08. The summed E-state index contributed by atoms with van der Waals surface area (Å²) in [4.78, 5) is 0. The van der Waals surface area contributed by atoms with E-state index in [-0.39, 0.29) is 5.75 Å². The molecule has 0 atom stereocenters. The number of benzene rings is 1. The Kier molecular flexibility index (Phi) is 2.60. The Morgan fingerprint density at radius 3 is 2.25 bits per heavy atom. The number of phenols is 1. The van der Waals surface area contributed by atoms with Gasteiger partial charge in [0.05, 0.1) is 0 Å². The van der Waals surface area contributed by atoms with Crippen molar-refractivity contribution < 1.29 is 5.11 Å². The molecule has 84 valence electrons. The van der Waals surface area contributed by atoms with Gasteiger partial charge in [-0.2, -0.15) is 0 Å². The Balaban J connectivity index is 2.41. The minimum Gasteiger partial charge on any atom is -0.508 e. The van der Waals surface area contributed by atoms with Crippen LogP contribution in [0.1, 0.15) is 19.9 Å². The molecule has 2 rings (SSSR count). The maximum absolute atomic E-state index is 9.22. The number of hydrogen-bond donors (Lipinski definition) is 2. The first-order chi connectivity index (χ1) is 7.58. The molecule has 1 aromatic heterocycles. The zero-order valence-corrected chi connectivity index (χ0v) is 9.51. The standard InChI is InChI=1S/C13H16N2O/c1-9(2)15-8-11(7-13(15)14)10-3-5-12(16)6-4-10/h3-9,16H,14H2,1-2H3. The Bertz CT molecular complexity index is 483. The fourth-order valence-electron chi connectivity index (χ4n) is 1.75. The lowest BCUT2D eigenvalue weighted by Crippen LogP contribution is -2.02. The lowest BCUT2D eigenvalue weighted by molar-refractivity contribution is 0.475. The second kappa shape index (κ2) is 3.93. The van der Waals surface area contributed by atoms with Crippen molar-refractivity contribution in [3.8, 4) is 16.9 Å². The third-order valence-electron chi connectivity index (χ3n) is 2.64. The van der Waals surface area contributed by atoms with E-state index in [0.29, 0.717) is 6.04 Å². The molecule has 0 amide bonds. The average molecular weight is 216 g/mol. The van der Waals surface area contributed by atoms with E-state index in [4.69, 9.17) is 5.73 Å². The minimum atomic E-state index is 0.278. The van der Waals surface area contributed by atoms with Gasteiger partial charge in [0.15, 0.2) is 0 Å². The van der Waals surface area contributed by atoms with Gasteiger partial charge in [0, 0.05) is 17.8 Å². The maximum atomic E-state index is 9.22. The predicted molar refractivity (Wildman–Crippen MR) is 66.3 cm³/mol. The summed E-state index contributed by atoms with van der Waals surface area (Å²) in [6, 6.07) is 9.43. The van der Waals surface area contributed by atoms with E-state index in [2.05, 4.69) is 13.8 Å². The van der Waals surface area contributed by atoms with Crippen molar-refractivity contribution in [2.75, 3.05) is 5.73 Å². The second-order valence-corrected chi connectivity index (χ2v) is 4.20. The van der Waals surface area contributed by atoms with E-state index in [0.717, 1.165) is 16.9 Å². The van der Waals surface area contributed by atoms with Crippen molar-refractivity contribution in [3.63, 3.8) is 0 Å². The molecule has 0 bridgehead atoms. The van der Waals surface area contributed by atoms with E-state index in [1.165, 1.54) is 0 Å². The van der Waals surface area contributed by atoms with Gasteiger partial charge in [-0.3, -0.25) is 0 Å². The van der Waals surface area contributed by atoms with Crippen LogP contribution in [-0.4, -0.2) is 9.67 Å². The van der Waals surface area contributed by atoms with Crippen molar-refractivity contribution in [2.24, 2.45) is 0 Å². The van der Waals surface area contributed by atoms with Gasteiger partial charge < -0.3 is 15.4 Å². The number of nitrogen functional groups attached to an aromatic ring is 1. The average Bonchev–Trinajstić information content (AvgIpc) is 2.61. The highest BCUT2D eigenvalue weighted by atomic mass is 16.3. The van der Waals surface area contributed by atoms with Crippen LogP contribution >= 0.6 is 0 Å². The summed E-state index contributed by atoms with van der Waals surface area (Å²) in [6.45, 7) is 4.19. The van der Waals surface area contributed by atoms with Gasteiger partial charge in [-0.05, 0) is 37.6 Å². The van der Waals surface area contributed by atoms with E-state index in [1.54, 1.807) is 12.1 Å². The molecular weight excluding hydrogens is 200 g/mol. The number of aromatic nitrogens is 1. The van der Waals surface area contributed by atoms with Crippen LogP contribution < -0.4 is 5.73 Å². The molecule has 3 heteroatoms. The van der Waals surface area contributed by atoms with E-state index >= 15 is 0 Å².